The monoisotopic (exact) mass is 238 g/mol. The predicted octanol–water partition coefficient (Wildman–Crippen LogP) is 2.16. The Morgan fingerprint density at radius 2 is 1.60 bits per heavy atom. The highest BCUT2D eigenvalue weighted by Crippen LogP contribution is 2.23. The lowest BCUT2D eigenvalue weighted by molar-refractivity contribution is 0.459. The number of anilines is 1. The Balaban J connectivity index is 3.21. The highest BCUT2D eigenvalue weighted by Gasteiger charge is 2.19. The van der Waals surface area contributed by atoms with E-state index in [0.29, 0.717) is 0 Å². The molecule has 0 fully saturated rings. The Kier molecular flexibility index (Phi) is 3.46. The maximum Gasteiger partial charge on any atom is 0.185 e. The third-order valence-corrected chi connectivity index (χ3v) is 1.88. The van der Waals surface area contributed by atoms with Crippen LogP contribution in [0.4, 0.5) is 23.2 Å². The van der Waals surface area contributed by atoms with Crippen molar-refractivity contribution in [3.05, 3.63) is 29.3 Å². The highest BCUT2D eigenvalue weighted by molar-refractivity contribution is 7.80. The van der Waals surface area contributed by atoms with E-state index in [0.717, 1.165) is 0 Å². The second-order valence-electron chi connectivity index (χ2n) is 2.55. The van der Waals surface area contributed by atoms with Gasteiger partial charge in [-0.2, -0.15) is 0 Å². The fraction of sp³-hybridized carbons (Fsp3) is 0.125. The number of hydrogen-bond acceptors (Lipinski definition) is 1. The zero-order valence-electron chi connectivity index (χ0n) is 7.50. The molecular weight excluding hydrogens is 232 g/mol. The largest absolute Gasteiger partial charge is 0.366 e. The van der Waals surface area contributed by atoms with Gasteiger partial charge >= 0.3 is 0 Å². The summed E-state index contributed by atoms with van der Waals surface area (Å²) < 4.78 is 51.4. The number of rotatable bonds is 1. The van der Waals surface area contributed by atoms with Crippen LogP contribution in [-0.2, 0) is 0 Å². The molecule has 0 saturated carbocycles. The van der Waals surface area contributed by atoms with Gasteiger partial charge in [0.2, 0.25) is 0 Å². The zero-order chi connectivity index (χ0) is 11.6. The van der Waals surface area contributed by atoms with Crippen LogP contribution in [-0.4, -0.2) is 12.2 Å². The van der Waals surface area contributed by atoms with Crippen molar-refractivity contribution in [2.75, 3.05) is 12.4 Å². The van der Waals surface area contributed by atoms with E-state index in [1.54, 1.807) is 0 Å². The van der Waals surface area contributed by atoms with Gasteiger partial charge in [0.05, 0.1) is 0 Å². The number of thiocarbonyl (C=S) groups is 1. The second-order valence-corrected chi connectivity index (χ2v) is 2.96. The minimum atomic E-state index is -1.52. The Bertz CT molecular complexity index is 382. The average molecular weight is 238 g/mol. The highest BCUT2D eigenvalue weighted by atomic mass is 32.1. The van der Waals surface area contributed by atoms with Gasteiger partial charge in [0.25, 0.3) is 0 Å². The van der Waals surface area contributed by atoms with Crippen molar-refractivity contribution in [2.45, 2.75) is 0 Å². The van der Waals surface area contributed by atoms with Crippen LogP contribution < -0.4 is 10.6 Å². The lowest BCUT2D eigenvalue weighted by Gasteiger charge is -2.09. The van der Waals surface area contributed by atoms with E-state index in [1.165, 1.54) is 7.05 Å². The SMILES string of the molecule is CNC(=S)Nc1c(F)c(F)cc(F)c1F. The Morgan fingerprint density at radius 3 is 2.00 bits per heavy atom. The summed E-state index contributed by atoms with van der Waals surface area (Å²) >= 11 is 4.54. The lowest BCUT2D eigenvalue weighted by atomic mass is 10.2. The molecule has 0 aliphatic heterocycles. The predicted molar refractivity (Wildman–Crippen MR) is 51.6 cm³/mol. The number of halogens is 4. The minimum absolute atomic E-state index is 0.123. The minimum Gasteiger partial charge on any atom is -0.366 e. The van der Waals surface area contributed by atoms with Gasteiger partial charge in [0, 0.05) is 13.1 Å². The molecular formula is C8H6F4N2S. The van der Waals surface area contributed by atoms with Gasteiger partial charge in [-0.05, 0) is 12.2 Å². The van der Waals surface area contributed by atoms with Crippen LogP contribution in [0.25, 0.3) is 0 Å². The molecule has 0 saturated heterocycles. The molecule has 82 valence electrons. The van der Waals surface area contributed by atoms with E-state index >= 15 is 0 Å². The molecule has 0 aromatic heterocycles. The van der Waals surface area contributed by atoms with Crippen molar-refractivity contribution in [2.24, 2.45) is 0 Å². The van der Waals surface area contributed by atoms with Gasteiger partial charge in [-0.15, -0.1) is 0 Å². The first-order valence-electron chi connectivity index (χ1n) is 3.79. The van der Waals surface area contributed by atoms with Crippen LogP contribution >= 0.6 is 12.2 Å². The first-order chi connectivity index (χ1) is 6.97. The fourth-order valence-corrected chi connectivity index (χ4v) is 0.961. The molecule has 0 heterocycles. The standard InChI is InChI=1S/C8H6F4N2S/c1-13-8(15)14-7-5(11)3(9)2-4(10)6(7)12/h2H,1H3,(H2,13,14,15). The quantitative estimate of drug-likeness (QED) is 0.445. The molecule has 7 heteroatoms. The summed E-state index contributed by atoms with van der Waals surface area (Å²) in [6.07, 6.45) is 0. The third-order valence-electron chi connectivity index (χ3n) is 1.58. The summed E-state index contributed by atoms with van der Waals surface area (Å²) in [5.74, 6) is -6.02. The second kappa shape index (κ2) is 4.43. The molecule has 2 nitrogen and oxygen atoms in total. The van der Waals surface area contributed by atoms with Crippen molar-refractivity contribution < 1.29 is 17.6 Å². The molecule has 1 aromatic rings. The van der Waals surface area contributed by atoms with Crippen molar-refractivity contribution in [1.29, 1.82) is 0 Å². The van der Waals surface area contributed by atoms with Gasteiger partial charge in [-0.25, -0.2) is 17.6 Å². The molecule has 0 bridgehead atoms. The summed E-state index contributed by atoms with van der Waals surface area (Å²) in [5.41, 5.74) is -0.952. The molecule has 0 unspecified atom stereocenters. The van der Waals surface area contributed by atoms with Crippen LogP contribution in [0.5, 0.6) is 0 Å². The fourth-order valence-electron chi connectivity index (χ4n) is 0.859. The first kappa shape index (κ1) is 11.7. The topological polar surface area (TPSA) is 24.1 Å². The normalized spacial score (nSPS) is 9.93. The zero-order valence-corrected chi connectivity index (χ0v) is 8.31. The van der Waals surface area contributed by atoms with Gasteiger partial charge in [0.15, 0.2) is 28.4 Å². The summed E-state index contributed by atoms with van der Waals surface area (Å²) in [7, 11) is 1.39. The molecule has 0 aliphatic carbocycles. The van der Waals surface area contributed by atoms with Gasteiger partial charge < -0.3 is 10.6 Å². The Labute approximate surface area is 88.3 Å². The lowest BCUT2D eigenvalue weighted by Crippen LogP contribution is -2.25. The van der Waals surface area contributed by atoms with Gasteiger partial charge in [0.1, 0.15) is 5.69 Å². The van der Waals surface area contributed by atoms with Crippen LogP contribution in [0, 0.1) is 23.3 Å². The van der Waals surface area contributed by atoms with Gasteiger partial charge in [-0.1, -0.05) is 0 Å². The Morgan fingerprint density at radius 1 is 1.13 bits per heavy atom. The first-order valence-corrected chi connectivity index (χ1v) is 4.20. The molecule has 0 atom stereocenters. The number of nitrogens with one attached hydrogen (secondary N) is 2. The number of hydrogen-bond donors (Lipinski definition) is 2. The van der Waals surface area contributed by atoms with Crippen molar-refractivity contribution in [3.63, 3.8) is 0 Å². The molecule has 1 rings (SSSR count). The van der Waals surface area contributed by atoms with E-state index in [4.69, 9.17) is 0 Å². The Hall–Kier alpha value is -1.37. The third kappa shape index (κ3) is 2.35. The van der Waals surface area contributed by atoms with E-state index < -0.39 is 29.0 Å². The van der Waals surface area contributed by atoms with Gasteiger partial charge in [-0.3, -0.25) is 0 Å². The molecule has 0 amide bonds. The van der Waals surface area contributed by atoms with Crippen LogP contribution in [0.2, 0.25) is 0 Å². The van der Waals surface area contributed by atoms with Crippen LogP contribution in [0.1, 0.15) is 0 Å². The summed E-state index contributed by atoms with van der Waals surface area (Å²) in [6.45, 7) is 0. The van der Waals surface area contributed by atoms with E-state index in [2.05, 4.69) is 17.5 Å². The molecule has 1 aromatic carbocycles. The van der Waals surface area contributed by atoms with Crippen LogP contribution in [0.15, 0.2) is 6.07 Å². The van der Waals surface area contributed by atoms with Crippen molar-refractivity contribution in [1.82, 2.24) is 5.32 Å². The number of benzene rings is 1. The van der Waals surface area contributed by atoms with E-state index in [1.807, 2.05) is 5.32 Å². The maximum atomic E-state index is 13.0. The molecule has 15 heavy (non-hydrogen) atoms. The summed E-state index contributed by atoms with van der Waals surface area (Å²) in [6, 6.07) is 0.123. The average Bonchev–Trinajstić information content (AvgIpc) is 2.21. The molecule has 0 aliphatic rings. The van der Waals surface area contributed by atoms with Crippen molar-refractivity contribution >= 4 is 23.0 Å². The molecule has 0 spiro atoms. The van der Waals surface area contributed by atoms with Crippen LogP contribution in [0.3, 0.4) is 0 Å². The molecule has 2 N–H and O–H groups in total. The van der Waals surface area contributed by atoms with Crippen molar-refractivity contribution in [3.8, 4) is 0 Å². The van der Waals surface area contributed by atoms with E-state index in [-0.39, 0.29) is 11.2 Å². The maximum absolute atomic E-state index is 13.0. The molecule has 0 radical (unpaired) electrons. The smallest absolute Gasteiger partial charge is 0.185 e. The summed E-state index contributed by atoms with van der Waals surface area (Å²) in [4.78, 5) is 0. The van der Waals surface area contributed by atoms with E-state index in [9.17, 15) is 17.6 Å². The summed E-state index contributed by atoms with van der Waals surface area (Å²) in [5, 5.41) is 4.19.